The molecule has 0 spiro atoms. The largest absolute Gasteiger partial charge is 0.488 e. The van der Waals surface area contributed by atoms with Crippen molar-refractivity contribution in [1.29, 1.82) is 0 Å². The summed E-state index contributed by atoms with van der Waals surface area (Å²) in [5.41, 5.74) is 0. The van der Waals surface area contributed by atoms with Crippen LogP contribution < -0.4 is 15.4 Å². The van der Waals surface area contributed by atoms with Gasteiger partial charge in [0.25, 0.3) is 0 Å². The minimum Gasteiger partial charge on any atom is -0.488 e. The minimum atomic E-state index is -0.00611. The van der Waals surface area contributed by atoms with Gasteiger partial charge in [0.15, 0.2) is 5.96 Å². The highest BCUT2D eigenvalue weighted by atomic mass is 79.9. The van der Waals surface area contributed by atoms with Crippen LogP contribution >= 0.6 is 15.9 Å². The maximum absolute atomic E-state index is 5.94. The third-order valence-electron chi connectivity index (χ3n) is 3.84. The number of hydrogen-bond donors (Lipinski definition) is 2. The topological polar surface area (TPSA) is 58.1 Å². The molecule has 0 saturated carbocycles. The highest BCUT2D eigenvalue weighted by molar-refractivity contribution is 9.10. The SMILES string of the molecule is CCNC(=NCC(C)Oc1ccccc1Br)NCCN1CCOCC1. The number of guanidine groups is 1. The molecule has 2 rings (SSSR count). The summed E-state index contributed by atoms with van der Waals surface area (Å²) in [7, 11) is 0. The van der Waals surface area contributed by atoms with Gasteiger partial charge in [-0.2, -0.15) is 0 Å². The maximum atomic E-state index is 5.94. The Kier molecular flexibility index (Phi) is 9.07. The highest BCUT2D eigenvalue weighted by Crippen LogP contribution is 2.24. The first kappa shape index (κ1) is 20.0. The normalized spacial score (nSPS) is 17.2. The molecule has 1 aromatic carbocycles. The molecule has 0 radical (unpaired) electrons. The number of halogens is 1. The Balaban J connectivity index is 1.76. The molecular formula is C18H29BrN4O2. The molecule has 1 atom stereocenters. The lowest BCUT2D eigenvalue weighted by Crippen LogP contribution is -2.44. The third-order valence-corrected chi connectivity index (χ3v) is 4.49. The average Bonchev–Trinajstić information content (AvgIpc) is 2.62. The van der Waals surface area contributed by atoms with Crippen molar-refractivity contribution in [3.8, 4) is 5.75 Å². The molecule has 140 valence electrons. The molecule has 1 aliphatic heterocycles. The van der Waals surface area contributed by atoms with Crippen LogP contribution in [0, 0.1) is 0 Å². The molecule has 0 amide bonds. The van der Waals surface area contributed by atoms with Crippen LogP contribution in [-0.2, 0) is 4.74 Å². The Bertz CT molecular complexity index is 536. The molecule has 0 aliphatic carbocycles. The lowest BCUT2D eigenvalue weighted by Gasteiger charge is -2.26. The van der Waals surface area contributed by atoms with Gasteiger partial charge < -0.3 is 20.1 Å². The second-order valence-corrected chi connectivity index (χ2v) is 6.81. The lowest BCUT2D eigenvalue weighted by molar-refractivity contribution is 0.0389. The summed E-state index contributed by atoms with van der Waals surface area (Å²) >= 11 is 3.50. The van der Waals surface area contributed by atoms with Crippen LogP contribution in [-0.4, -0.2) is 69.4 Å². The zero-order chi connectivity index (χ0) is 17.9. The van der Waals surface area contributed by atoms with Gasteiger partial charge in [-0.25, -0.2) is 4.99 Å². The van der Waals surface area contributed by atoms with Gasteiger partial charge >= 0.3 is 0 Å². The monoisotopic (exact) mass is 412 g/mol. The number of hydrogen-bond acceptors (Lipinski definition) is 4. The number of rotatable bonds is 8. The van der Waals surface area contributed by atoms with E-state index in [1.165, 1.54) is 0 Å². The number of para-hydroxylation sites is 1. The van der Waals surface area contributed by atoms with Crippen LogP contribution in [0.25, 0.3) is 0 Å². The number of benzene rings is 1. The first-order valence-electron chi connectivity index (χ1n) is 8.92. The quantitative estimate of drug-likeness (QED) is 0.505. The number of nitrogens with one attached hydrogen (secondary N) is 2. The summed E-state index contributed by atoms with van der Waals surface area (Å²) in [6.45, 7) is 11.1. The average molecular weight is 413 g/mol. The standard InChI is InChI=1S/C18H29BrN4O2/c1-3-20-18(21-8-9-23-10-12-24-13-11-23)22-14-15(2)25-17-7-5-4-6-16(17)19/h4-7,15H,3,8-14H2,1-2H3,(H2,20,21,22). The number of ether oxygens (including phenoxy) is 2. The zero-order valence-corrected chi connectivity index (χ0v) is 16.7. The van der Waals surface area contributed by atoms with Crippen LogP contribution in [0.15, 0.2) is 33.7 Å². The Morgan fingerprint density at radius 2 is 2.08 bits per heavy atom. The van der Waals surface area contributed by atoms with Crippen molar-refractivity contribution < 1.29 is 9.47 Å². The lowest BCUT2D eigenvalue weighted by atomic mass is 10.3. The Hall–Kier alpha value is -1.31. The second kappa shape index (κ2) is 11.3. The third kappa shape index (κ3) is 7.63. The van der Waals surface area contributed by atoms with Crippen LogP contribution in [0.1, 0.15) is 13.8 Å². The van der Waals surface area contributed by atoms with E-state index in [0.717, 1.165) is 62.1 Å². The fourth-order valence-electron chi connectivity index (χ4n) is 2.51. The fourth-order valence-corrected chi connectivity index (χ4v) is 2.89. The van der Waals surface area contributed by atoms with E-state index in [1.807, 2.05) is 31.2 Å². The van der Waals surface area contributed by atoms with Crippen molar-refractivity contribution in [1.82, 2.24) is 15.5 Å². The molecule has 1 aliphatic rings. The van der Waals surface area contributed by atoms with Gasteiger partial charge in [0.1, 0.15) is 11.9 Å². The fraction of sp³-hybridized carbons (Fsp3) is 0.611. The molecule has 1 fully saturated rings. The van der Waals surface area contributed by atoms with Crippen LogP contribution in [0.4, 0.5) is 0 Å². The Morgan fingerprint density at radius 1 is 1.32 bits per heavy atom. The molecule has 1 heterocycles. The molecule has 2 N–H and O–H groups in total. The van der Waals surface area contributed by atoms with Gasteiger partial charge in [-0.05, 0) is 41.9 Å². The van der Waals surface area contributed by atoms with Crippen LogP contribution in [0.2, 0.25) is 0 Å². The number of nitrogens with zero attached hydrogens (tertiary/aromatic N) is 2. The van der Waals surface area contributed by atoms with E-state index < -0.39 is 0 Å². The van der Waals surface area contributed by atoms with Gasteiger partial charge in [-0.1, -0.05) is 12.1 Å². The summed E-state index contributed by atoms with van der Waals surface area (Å²) < 4.78 is 12.3. The Morgan fingerprint density at radius 3 is 2.80 bits per heavy atom. The highest BCUT2D eigenvalue weighted by Gasteiger charge is 2.10. The zero-order valence-electron chi connectivity index (χ0n) is 15.1. The molecule has 0 aromatic heterocycles. The molecule has 6 nitrogen and oxygen atoms in total. The summed E-state index contributed by atoms with van der Waals surface area (Å²) in [5, 5.41) is 6.67. The van der Waals surface area contributed by atoms with Gasteiger partial charge in [0.2, 0.25) is 0 Å². The van der Waals surface area contributed by atoms with Crippen molar-refractivity contribution in [3.05, 3.63) is 28.7 Å². The van der Waals surface area contributed by atoms with E-state index >= 15 is 0 Å². The van der Waals surface area contributed by atoms with E-state index in [4.69, 9.17) is 9.47 Å². The van der Waals surface area contributed by atoms with E-state index in [1.54, 1.807) is 0 Å². The van der Waals surface area contributed by atoms with Crippen molar-refractivity contribution >= 4 is 21.9 Å². The second-order valence-electron chi connectivity index (χ2n) is 5.96. The van der Waals surface area contributed by atoms with Gasteiger partial charge in [0, 0.05) is 32.7 Å². The number of aliphatic imine (C=N–C) groups is 1. The van der Waals surface area contributed by atoms with Crippen molar-refractivity contribution in [3.63, 3.8) is 0 Å². The summed E-state index contributed by atoms with van der Waals surface area (Å²) in [4.78, 5) is 7.03. The van der Waals surface area contributed by atoms with E-state index in [9.17, 15) is 0 Å². The Labute approximate surface area is 159 Å². The van der Waals surface area contributed by atoms with E-state index in [0.29, 0.717) is 6.54 Å². The molecule has 7 heteroatoms. The van der Waals surface area contributed by atoms with Crippen LogP contribution in [0.5, 0.6) is 5.75 Å². The minimum absolute atomic E-state index is 0.00611. The summed E-state index contributed by atoms with van der Waals surface area (Å²) in [6.07, 6.45) is -0.00611. The van der Waals surface area contributed by atoms with Gasteiger partial charge in [-0.15, -0.1) is 0 Å². The predicted octanol–water partition coefficient (Wildman–Crippen LogP) is 2.10. The number of morpholine rings is 1. The van der Waals surface area contributed by atoms with E-state index in [-0.39, 0.29) is 6.10 Å². The first-order valence-corrected chi connectivity index (χ1v) is 9.71. The first-order chi connectivity index (χ1) is 12.2. The smallest absolute Gasteiger partial charge is 0.191 e. The molecule has 1 unspecified atom stereocenters. The van der Waals surface area contributed by atoms with E-state index in [2.05, 4.69) is 43.4 Å². The molecular weight excluding hydrogens is 384 g/mol. The molecule has 0 bridgehead atoms. The van der Waals surface area contributed by atoms with Crippen molar-refractivity contribution in [2.45, 2.75) is 20.0 Å². The predicted molar refractivity (Wildman–Crippen MR) is 105 cm³/mol. The van der Waals surface area contributed by atoms with Gasteiger partial charge in [0.05, 0.1) is 24.2 Å². The van der Waals surface area contributed by atoms with Crippen LogP contribution in [0.3, 0.4) is 0 Å². The van der Waals surface area contributed by atoms with Crippen molar-refractivity contribution in [2.24, 2.45) is 4.99 Å². The maximum Gasteiger partial charge on any atom is 0.191 e. The van der Waals surface area contributed by atoms with Crippen molar-refractivity contribution in [2.75, 3.05) is 52.5 Å². The van der Waals surface area contributed by atoms with Gasteiger partial charge in [-0.3, -0.25) is 4.90 Å². The molecule has 25 heavy (non-hydrogen) atoms. The molecule has 1 saturated heterocycles. The molecule has 1 aromatic rings. The summed E-state index contributed by atoms with van der Waals surface area (Å²) in [5.74, 6) is 1.67. The summed E-state index contributed by atoms with van der Waals surface area (Å²) in [6, 6.07) is 7.87.